The lowest BCUT2D eigenvalue weighted by Crippen LogP contribution is -2.30. The molecule has 2 nitrogen and oxygen atoms in total. The van der Waals surface area contributed by atoms with Crippen molar-refractivity contribution in [2.24, 2.45) is 0 Å². The van der Waals surface area contributed by atoms with Crippen LogP contribution in [0.1, 0.15) is 37.7 Å². The van der Waals surface area contributed by atoms with Crippen LogP contribution in [0.15, 0.2) is 22.7 Å². The molecule has 1 aromatic carbocycles. The van der Waals surface area contributed by atoms with Crippen molar-refractivity contribution in [3.8, 4) is 5.75 Å². The Labute approximate surface area is 112 Å². The quantitative estimate of drug-likeness (QED) is 0.911. The number of hydrogen-bond acceptors (Lipinski definition) is 2. The van der Waals surface area contributed by atoms with Crippen molar-refractivity contribution in [1.82, 2.24) is 5.32 Å². The molecule has 0 unspecified atom stereocenters. The van der Waals surface area contributed by atoms with Gasteiger partial charge < -0.3 is 10.1 Å². The number of methoxy groups -OCH3 is 1. The third-order valence-electron chi connectivity index (χ3n) is 3.47. The van der Waals surface area contributed by atoms with Crippen molar-refractivity contribution >= 4 is 15.9 Å². The second-order valence-electron chi connectivity index (χ2n) is 4.64. The van der Waals surface area contributed by atoms with Crippen LogP contribution in [0.5, 0.6) is 5.75 Å². The van der Waals surface area contributed by atoms with Gasteiger partial charge in [0, 0.05) is 22.6 Å². The molecular formula is C14H20BrNO. The molecule has 2 rings (SSSR count). The molecule has 1 aliphatic carbocycles. The van der Waals surface area contributed by atoms with E-state index in [1.807, 2.05) is 12.1 Å². The summed E-state index contributed by atoms with van der Waals surface area (Å²) in [6.45, 7) is 0.884. The molecule has 1 aromatic rings. The Hall–Kier alpha value is -0.540. The summed E-state index contributed by atoms with van der Waals surface area (Å²) in [5, 5.41) is 3.64. The van der Waals surface area contributed by atoms with Crippen molar-refractivity contribution in [2.75, 3.05) is 7.11 Å². The maximum Gasteiger partial charge on any atom is 0.124 e. The average molecular weight is 298 g/mol. The highest BCUT2D eigenvalue weighted by Crippen LogP contribution is 2.27. The van der Waals surface area contributed by atoms with Gasteiger partial charge >= 0.3 is 0 Å². The molecule has 3 heteroatoms. The summed E-state index contributed by atoms with van der Waals surface area (Å²) in [6.07, 6.45) is 6.76. The zero-order chi connectivity index (χ0) is 12.1. The molecule has 1 fully saturated rings. The number of benzene rings is 1. The van der Waals surface area contributed by atoms with Crippen molar-refractivity contribution in [2.45, 2.75) is 44.7 Å². The smallest absolute Gasteiger partial charge is 0.124 e. The molecule has 0 amide bonds. The van der Waals surface area contributed by atoms with E-state index < -0.39 is 0 Å². The summed E-state index contributed by atoms with van der Waals surface area (Å²) in [6, 6.07) is 6.77. The molecule has 0 bridgehead atoms. The first-order valence-corrected chi connectivity index (χ1v) is 7.15. The third-order valence-corrected chi connectivity index (χ3v) is 4.21. The molecule has 1 N–H and O–H groups in total. The van der Waals surface area contributed by atoms with Gasteiger partial charge in [0.1, 0.15) is 5.75 Å². The van der Waals surface area contributed by atoms with E-state index in [9.17, 15) is 0 Å². The highest BCUT2D eigenvalue weighted by atomic mass is 79.9. The van der Waals surface area contributed by atoms with Crippen LogP contribution in [0.25, 0.3) is 0 Å². The lowest BCUT2D eigenvalue weighted by atomic mass is 9.95. The van der Waals surface area contributed by atoms with Gasteiger partial charge in [-0.05, 0) is 25.0 Å². The minimum absolute atomic E-state index is 0.681. The van der Waals surface area contributed by atoms with E-state index >= 15 is 0 Å². The van der Waals surface area contributed by atoms with Crippen LogP contribution in [0, 0.1) is 0 Å². The Balaban J connectivity index is 1.97. The van der Waals surface area contributed by atoms with Gasteiger partial charge in [0.15, 0.2) is 0 Å². The van der Waals surface area contributed by atoms with Crippen LogP contribution < -0.4 is 10.1 Å². The predicted octanol–water partition coefficient (Wildman–Crippen LogP) is 3.88. The van der Waals surface area contributed by atoms with Gasteiger partial charge in [-0.1, -0.05) is 41.3 Å². The maximum absolute atomic E-state index is 5.40. The fourth-order valence-corrected chi connectivity index (χ4v) is 2.94. The fraction of sp³-hybridized carbons (Fsp3) is 0.571. The van der Waals surface area contributed by atoms with Crippen molar-refractivity contribution in [3.63, 3.8) is 0 Å². The third kappa shape index (κ3) is 3.46. The summed E-state index contributed by atoms with van der Waals surface area (Å²) in [5.74, 6) is 0.961. The number of nitrogens with one attached hydrogen (secondary N) is 1. The second kappa shape index (κ2) is 6.41. The van der Waals surface area contributed by atoms with Gasteiger partial charge in [-0.25, -0.2) is 0 Å². The molecule has 0 spiro atoms. The van der Waals surface area contributed by atoms with Crippen LogP contribution in [0.3, 0.4) is 0 Å². The van der Waals surface area contributed by atoms with Crippen LogP contribution in [-0.2, 0) is 6.54 Å². The first-order chi connectivity index (χ1) is 8.31. The van der Waals surface area contributed by atoms with Crippen LogP contribution >= 0.6 is 15.9 Å². The van der Waals surface area contributed by atoms with Crippen molar-refractivity contribution in [1.29, 1.82) is 0 Å². The molecule has 94 valence electrons. The Bertz CT molecular complexity index is 361. The highest BCUT2D eigenvalue weighted by Gasteiger charge is 2.14. The fourth-order valence-electron chi connectivity index (χ4n) is 2.45. The van der Waals surface area contributed by atoms with Crippen molar-refractivity contribution < 1.29 is 4.74 Å². The van der Waals surface area contributed by atoms with E-state index in [0.717, 1.165) is 16.8 Å². The molecule has 0 aromatic heterocycles. The highest BCUT2D eigenvalue weighted by molar-refractivity contribution is 9.10. The molecule has 17 heavy (non-hydrogen) atoms. The topological polar surface area (TPSA) is 21.3 Å². The van der Waals surface area contributed by atoms with E-state index in [-0.39, 0.29) is 0 Å². The number of rotatable bonds is 4. The lowest BCUT2D eigenvalue weighted by Gasteiger charge is -2.23. The van der Waals surface area contributed by atoms with Gasteiger partial charge in [0.25, 0.3) is 0 Å². The molecule has 0 heterocycles. The largest absolute Gasteiger partial charge is 0.496 e. The first-order valence-electron chi connectivity index (χ1n) is 6.36. The van der Waals surface area contributed by atoms with Crippen LogP contribution in [0.4, 0.5) is 0 Å². The molecule has 0 saturated heterocycles. The zero-order valence-corrected chi connectivity index (χ0v) is 11.9. The number of ether oxygens (including phenoxy) is 1. The number of hydrogen-bond donors (Lipinski definition) is 1. The standard InChI is InChI=1S/C14H20BrNO/c1-17-14-9-5-8-13(15)12(14)10-16-11-6-3-2-4-7-11/h5,8-9,11,16H,2-4,6-7,10H2,1H3. The second-order valence-corrected chi connectivity index (χ2v) is 5.49. The van der Waals surface area contributed by atoms with E-state index in [1.165, 1.54) is 37.7 Å². The Morgan fingerprint density at radius 3 is 2.76 bits per heavy atom. The lowest BCUT2D eigenvalue weighted by molar-refractivity contribution is 0.365. The molecule has 0 aliphatic heterocycles. The van der Waals surface area contributed by atoms with Crippen molar-refractivity contribution in [3.05, 3.63) is 28.2 Å². The number of halogens is 1. The summed E-state index contributed by atoms with van der Waals surface area (Å²) < 4.78 is 6.52. The van der Waals surface area contributed by atoms with Gasteiger partial charge in [0.05, 0.1) is 7.11 Å². The summed E-state index contributed by atoms with van der Waals surface area (Å²) in [7, 11) is 1.73. The molecule has 0 radical (unpaired) electrons. The van der Waals surface area contributed by atoms with Gasteiger partial charge in [-0.2, -0.15) is 0 Å². The summed E-state index contributed by atoms with van der Waals surface area (Å²) >= 11 is 3.59. The Morgan fingerprint density at radius 1 is 1.29 bits per heavy atom. The minimum atomic E-state index is 0.681. The Kier molecular flexibility index (Phi) is 4.86. The van der Waals surface area contributed by atoms with E-state index in [0.29, 0.717) is 6.04 Å². The SMILES string of the molecule is COc1cccc(Br)c1CNC1CCCCC1. The average Bonchev–Trinajstić information content (AvgIpc) is 2.38. The first kappa shape index (κ1) is 12.9. The van der Waals surface area contributed by atoms with E-state index in [2.05, 4.69) is 27.3 Å². The summed E-state index contributed by atoms with van der Waals surface area (Å²) in [5.41, 5.74) is 1.22. The van der Waals surface area contributed by atoms with Gasteiger partial charge in [-0.3, -0.25) is 0 Å². The predicted molar refractivity (Wildman–Crippen MR) is 74.4 cm³/mol. The maximum atomic E-state index is 5.40. The monoisotopic (exact) mass is 297 g/mol. The van der Waals surface area contributed by atoms with Gasteiger partial charge in [0.2, 0.25) is 0 Å². The van der Waals surface area contributed by atoms with Crippen LogP contribution in [0.2, 0.25) is 0 Å². The van der Waals surface area contributed by atoms with E-state index in [1.54, 1.807) is 7.11 Å². The minimum Gasteiger partial charge on any atom is -0.496 e. The van der Waals surface area contributed by atoms with E-state index in [4.69, 9.17) is 4.74 Å². The van der Waals surface area contributed by atoms with Gasteiger partial charge in [-0.15, -0.1) is 0 Å². The molecule has 0 atom stereocenters. The van der Waals surface area contributed by atoms with Crippen LogP contribution in [-0.4, -0.2) is 13.2 Å². The molecular weight excluding hydrogens is 278 g/mol. The molecule has 1 aliphatic rings. The zero-order valence-electron chi connectivity index (χ0n) is 10.3. The summed E-state index contributed by atoms with van der Waals surface area (Å²) in [4.78, 5) is 0. The normalized spacial score (nSPS) is 17.1. The molecule has 1 saturated carbocycles. The Morgan fingerprint density at radius 2 is 2.06 bits per heavy atom.